The summed E-state index contributed by atoms with van der Waals surface area (Å²) in [6.45, 7) is 0.527. The summed E-state index contributed by atoms with van der Waals surface area (Å²) in [5.41, 5.74) is 0.959. The normalized spacial score (nSPS) is 13.9. The second-order valence-corrected chi connectivity index (χ2v) is 6.42. The van der Waals surface area contributed by atoms with Crippen LogP contribution in [0, 0.1) is 0 Å². The van der Waals surface area contributed by atoms with E-state index >= 15 is 0 Å². The quantitative estimate of drug-likeness (QED) is 0.722. The van der Waals surface area contributed by atoms with Crippen LogP contribution in [-0.2, 0) is 16.1 Å². The van der Waals surface area contributed by atoms with E-state index in [2.05, 4.69) is 0 Å². The van der Waals surface area contributed by atoms with Crippen molar-refractivity contribution in [3.8, 4) is 0 Å². The predicted molar refractivity (Wildman–Crippen MR) is 86.1 cm³/mol. The Morgan fingerprint density at radius 2 is 1.82 bits per heavy atom. The van der Waals surface area contributed by atoms with E-state index in [4.69, 9.17) is 28.3 Å². The summed E-state index contributed by atoms with van der Waals surface area (Å²) in [6.07, 6.45) is 3.71. The molecule has 2 rings (SSSR count). The Labute approximate surface area is 140 Å². The van der Waals surface area contributed by atoms with Crippen molar-refractivity contribution < 1.29 is 14.7 Å². The number of nitrogens with zero attached hydrogens (tertiary/aromatic N) is 1. The predicted octanol–water partition coefficient (Wildman–Crippen LogP) is 4.13. The van der Waals surface area contributed by atoms with E-state index in [9.17, 15) is 9.59 Å². The third-order valence-corrected chi connectivity index (χ3v) is 4.42. The summed E-state index contributed by atoms with van der Waals surface area (Å²) in [4.78, 5) is 24.7. The molecular weight excluding hydrogens is 325 g/mol. The van der Waals surface area contributed by atoms with Gasteiger partial charge in [0.1, 0.15) is 0 Å². The van der Waals surface area contributed by atoms with Crippen molar-refractivity contribution >= 4 is 35.1 Å². The second-order valence-electron chi connectivity index (χ2n) is 5.60. The Morgan fingerprint density at radius 1 is 1.14 bits per heavy atom. The largest absolute Gasteiger partial charge is 0.481 e. The maximum Gasteiger partial charge on any atom is 0.303 e. The van der Waals surface area contributed by atoms with Crippen molar-refractivity contribution in [3.05, 3.63) is 33.8 Å². The molecule has 0 bridgehead atoms. The molecule has 1 amide bonds. The summed E-state index contributed by atoms with van der Waals surface area (Å²) in [5.74, 6) is -0.735. The van der Waals surface area contributed by atoms with Gasteiger partial charge in [-0.25, -0.2) is 0 Å². The van der Waals surface area contributed by atoms with Gasteiger partial charge in [0, 0.05) is 25.4 Å². The lowest BCUT2D eigenvalue weighted by Gasteiger charge is -2.23. The van der Waals surface area contributed by atoms with E-state index < -0.39 is 5.97 Å². The third-order valence-electron chi connectivity index (χ3n) is 3.68. The first-order valence-corrected chi connectivity index (χ1v) is 8.18. The van der Waals surface area contributed by atoms with Gasteiger partial charge >= 0.3 is 5.97 Å². The van der Waals surface area contributed by atoms with Crippen molar-refractivity contribution in [2.45, 2.75) is 51.1 Å². The van der Waals surface area contributed by atoms with E-state index in [0.29, 0.717) is 41.9 Å². The Morgan fingerprint density at radius 3 is 2.41 bits per heavy atom. The van der Waals surface area contributed by atoms with Gasteiger partial charge in [0.15, 0.2) is 0 Å². The highest BCUT2D eigenvalue weighted by molar-refractivity contribution is 6.42. The fourth-order valence-electron chi connectivity index (χ4n) is 2.34. The lowest BCUT2D eigenvalue weighted by molar-refractivity contribution is -0.137. The fourth-order valence-corrected chi connectivity index (χ4v) is 2.66. The fraction of sp³-hybridized carbons (Fsp3) is 0.500. The number of halogens is 2. The van der Waals surface area contributed by atoms with E-state index in [-0.39, 0.29) is 12.3 Å². The lowest BCUT2D eigenvalue weighted by Crippen LogP contribution is -2.32. The molecule has 0 atom stereocenters. The highest BCUT2D eigenvalue weighted by atomic mass is 35.5. The Balaban J connectivity index is 1.90. The van der Waals surface area contributed by atoms with E-state index in [1.54, 1.807) is 12.1 Å². The lowest BCUT2D eigenvalue weighted by atomic mass is 10.1. The Hall–Kier alpha value is -1.26. The number of carbonyl (C=O) groups is 2. The number of amides is 1. The van der Waals surface area contributed by atoms with Crippen LogP contribution in [0.1, 0.15) is 44.1 Å². The molecule has 0 unspecified atom stereocenters. The van der Waals surface area contributed by atoms with Gasteiger partial charge in [-0.1, -0.05) is 29.3 Å². The van der Waals surface area contributed by atoms with Gasteiger partial charge in [0.05, 0.1) is 10.0 Å². The third kappa shape index (κ3) is 5.18. The number of carboxylic acids is 1. The van der Waals surface area contributed by atoms with Gasteiger partial charge in [0.25, 0.3) is 0 Å². The molecule has 1 aliphatic carbocycles. The van der Waals surface area contributed by atoms with Crippen molar-refractivity contribution in [1.29, 1.82) is 0 Å². The van der Waals surface area contributed by atoms with Crippen molar-refractivity contribution in [2.75, 3.05) is 0 Å². The van der Waals surface area contributed by atoms with Crippen LogP contribution in [0.2, 0.25) is 10.0 Å². The molecule has 0 spiro atoms. The van der Waals surface area contributed by atoms with Crippen LogP contribution in [0.4, 0.5) is 0 Å². The zero-order chi connectivity index (χ0) is 16.1. The average molecular weight is 344 g/mol. The minimum atomic E-state index is -0.817. The smallest absolute Gasteiger partial charge is 0.303 e. The summed E-state index contributed by atoms with van der Waals surface area (Å²) < 4.78 is 0. The molecule has 1 aromatic rings. The van der Waals surface area contributed by atoms with E-state index in [0.717, 1.165) is 18.4 Å². The molecule has 1 aliphatic rings. The number of unbranched alkanes of at least 4 members (excludes halogenated alkanes) is 1. The number of hydrogen-bond donors (Lipinski definition) is 1. The Bertz CT molecular complexity index is 558. The van der Waals surface area contributed by atoms with Crippen molar-refractivity contribution in [3.63, 3.8) is 0 Å². The number of benzene rings is 1. The Kier molecular flexibility index (Phi) is 6.09. The van der Waals surface area contributed by atoms with Crippen LogP contribution in [0.25, 0.3) is 0 Å². The van der Waals surface area contributed by atoms with Crippen LogP contribution < -0.4 is 0 Å². The summed E-state index contributed by atoms with van der Waals surface area (Å²) in [5, 5.41) is 9.60. The molecule has 0 heterocycles. The van der Waals surface area contributed by atoms with Gasteiger partial charge in [0.2, 0.25) is 5.91 Å². The maximum atomic E-state index is 12.3. The number of rotatable bonds is 8. The van der Waals surface area contributed by atoms with Gasteiger partial charge in [-0.15, -0.1) is 0 Å². The minimum absolute atomic E-state index is 0.0824. The van der Waals surface area contributed by atoms with Gasteiger partial charge in [-0.05, 0) is 43.4 Å². The molecule has 0 radical (unpaired) electrons. The van der Waals surface area contributed by atoms with Crippen LogP contribution in [0.5, 0.6) is 0 Å². The van der Waals surface area contributed by atoms with Crippen molar-refractivity contribution in [1.82, 2.24) is 4.90 Å². The SMILES string of the molecule is O=C(O)CCCCC(=O)N(Cc1ccc(Cl)c(Cl)c1)C1CC1. The van der Waals surface area contributed by atoms with E-state index in [1.807, 2.05) is 11.0 Å². The number of carboxylic acid groups (broad SMARTS) is 1. The maximum absolute atomic E-state index is 12.3. The van der Waals surface area contributed by atoms with Gasteiger partial charge in [-0.2, -0.15) is 0 Å². The zero-order valence-electron chi connectivity index (χ0n) is 12.2. The molecule has 6 heteroatoms. The average Bonchev–Trinajstić information content (AvgIpc) is 3.29. The molecule has 22 heavy (non-hydrogen) atoms. The molecule has 0 aromatic heterocycles. The zero-order valence-corrected chi connectivity index (χ0v) is 13.7. The van der Waals surface area contributed by atoms with Gasteiger partial charge < -0.3 is 10.0 Å². The molecular formula is C16H19Cl2NO3. The minimum Gasteiger partial charge on any atom is -0.481 e. The number of hydrogen-bond acceptors (Lipinski definition) is 2. The molecule has 1 N–H and O–H groups in total. The van der Waals surface area contributed by atoms with Crippen LogP contribution >= 0.6 is 23.2 Å². The summed E-state index contributed by atoms with van der Waals surface area (Å²) >= 11 is 11.9. The molecule has 120 valence electrons. The molecule has 1 saturated carbocycles. The monoisotopic (exact) mass is 343 g/mol. The first kappa shape index (κ1) is 17.1. The summed E-state index contributed by atoms with van der Waals surface area (Å²) in [6, 6.07) is 5.71. The summed E-state index contributed by atoms with van der Waals surface area (Å²) in [7, 11) is 0. The number of aliphatic carboxylic acids is 1. The highest BCUT2D eigenvalue weighted by Crippen LogP contribution is 2.30. The first-order valence-electron chi connectivity index (χ1n) is 7.42. The molecule has 1 fully saturated rings. The second kappa shape index (κ2) is 7.84. The van der Waals surface area contributed by atoms with Gasteiger partial charge in [-0.3, -0.25) is 9.59 Å². The molecule has 4 nitrogen and oxygen atoms in total. The van der Waals surface area contributed by atoms with Crippen LogP contribution in [0.3, 0.4) is 0 Å². The van der Waals surface area contributed by atoms with Crippen LogP contribution in [0.15, 0.2) is 18.2 Å². The number of carbonyl (C=O) groups excluding carboxylic acids is 1. The molecule has 0 aliphatic heterocycles. The topological polar surface area (TPSA) is 57.6 Å². The standard InChI is InChI=1S/C16H19Cl2NO3/c17-13-8-5-11(9-14(13)18)10-19(12-6-7-12)15(20)3-1-2-4-16(21)22/h5,8-9,12H,1-4,6-7,10H2,(H,21,22). The van der Waals surface area contributed by atoms with Crippen LogP contribution in [-0.4, -0.2) is 27.9 Å². The van der Waals surface area contributed by atoms with Crippen molar-refractivity contribution in [2.24, 2.45) is 0 Å². The highest BCUT2D eigenvalue weighted by Gasteiger charge is 2.32. The van der Waals surface area contributed by atoms with E-state index in [1.165, 1.54) is 0 Å². The molecule has 0 saturated heterocycles. The molecule has 1 aromatic carbocycles. The first-order chi connectivity index (χ1) is 10.5.